The fourth-order valence-electron chi connectivity index (χ4n) is 3.68. The molecule has 0 unspecified atom stereocenters. The summed E-state index contributed by atoms with van der Waals surface area (Å²) in [4.78, 5) is 22.6. The molecule has 0 atom stereocenters. The van der Waals surface area contributed by atoms with Gasteiger partial charge in [0.1, 0.15) is 17.8 Å². The van der Waals surface area contributed by atoms with Crippen LogP contribution in [-0.4, -0.2) is 35.6 Å². The van der Waals surface area contributed by atoms with E-state index in [4.69, 9.17) is 15.2 Å². The van der Waals surface area contributed by atoms with E-state index in [0.29, 0.717) is 55.7 Å². The third kappa shape index (κ3) is 3.94. The Morgan fingerprint density at radius 1 is 1.14 bits per heavy atom. The molecule has 1 fully saturated rings. The average molecular weight is 392 g/mol. The van der Waals surface area contributed by atoms with Crippen molar-refractivity contribution in [2.24, 2.45) is 5.92 Å². The van der Waals surface area contributed by atoms with Crippen LogP contribution >= 0.6 is 0 Å². The first-order chi connectivity index (χ1) is 14.2. The van der Waals surface area contributed by atoms with Gasteiger partial charge in [-0.2, -0.15) is 4.98 Å². The van der Waals surface area contributed by atoms with Crippen LogP contribution in [0.5, 0.6) is 11.6 Å². The molecule has 0 amide bonds. The van der Waals surface area contributed by atoms with Gasteiger partial charge in [0.05, 0.1) is 12.5 Å². The molecule has 7 nitrogen and oxygen atoms in total. The number of aromatic nitrogens is 2. The van der Waals surface area contributed by atoms with Crippen molar-refractivity contribution in [3.8, 4) is 11.6 Å². The number of ether oxygens (including phenoxy) is 2. The standard InChI is InChI=1S/C22H24N4O3/c1-2-28-22(27)16-10-12-26(13-11-16)20-19(23)21(25-14-24-20)29-18-9-5-7-15-6-3-4-8-17(15)18/h3-9,14,16H,2,10-13,23H2,1H3. The Morgan fingerprint density at radius 3 is 2.69 bits per heavy atom. The van der Waals surface area contributed by atoms with Gasteiger partial charge in [-0.25, -0.2) is 4.98 Å². The monoisotopic (exact) mass is 392 g/mol. The van der Waals surface area contributed by atoms with E-state index in [2.05, 4.69) is 14.9 Å². The summed E-state index contributed by atoms with van der Waals surface area (Å²) < 4.78 is 11.2. The van der Waals surface area contributed by atoms with Gasteiger partial charge in [-0.1, -0.05) is 36.4 Å². The van der Waals surface area contributed by atoms with E-state index in [0.717, 1.165) is 10.8 Å². The molecule has 0 spiro atoms. The Labute approximate surface area is 169 Å². The highest BCUT2D eigenvalue weighted by atomic mass is 16.5. The Morgan fingerprint density at radius 2 is 1.90 bits per heavy atom. The van der Waals surface area contributed by atoms with E-state index < -0.39 is 0 Å². The number of hydrogen-bond donors (Lipinski definition) is 1. The lowest BCUT2D eigenvalue weighted by Gasteiger charge is -2.32. The topological polar surface area (TPSA) is 90.6 Å². The minimum absolute atomic E-state index is 0.0688. The average Bonchev–Trinajstić information content (AvgIpc) is 2.76. The van der Waals surface area contributed by atoms with E-state index in [-0.39, 0.29) is 11.9 Å². The van der Waals surface area contributed by atoms with Gasteiger partial charge in [-0.15, -0.1) is 0 Å². The number of nitrogens with two attached hydrogens (primary N) is 1. The second-order valence-electron chi connectivity index (χ2n) is 7.01. The number of anilines is 2. The number of benzene rings is 2. The maximum absolute atomic E-state index is 12.0. The van der Waals surface area contributed by atoms with Crippen molar-refractivity contribution >= 4 is 28.2 Å². The molecule has 0 radical (unpaired) electrons. The lowest BCUT2D eigenvalue weighted by atomic mass is 9.97. The van der Waals surface area contributed by atoms with Gasteiger partial charge in [-0.05, 0) is 31.2 Å². The molecule has 0 bridgehead atoms. The summed E-state index contributed by atoms with van der Waals surface area (Å²) in [5.41, 5.74) is 6.76. The number of nitrogen functional groups attached to an aromatic ring is 1. The van der Waals surface area contributed by atoms with E-state index in [1.54, 1.807) is 0 Å². The molecule has 2 aromatic carbocycles. The molecular weight excluding hydrogens is 368 g/mol. The molecule has 1 saturated heterocycles. The molecule has 1 aromatic heterocycles. The number of carbonyl (C=O) groups is 1. The maximum Gasteiger partial charge on any atom is 0.309 e. The molecule has 150 valence electrons. The molecule has 4 rings (SSSR count). The van der Waals surface area contributed by atoms with Crippen molar-refractivity contribution < 1.29 is 14.3 Å². The fourth-order valence-corrected chi connectivity index (χ4v) is 3.68. The highest BCUT2D eigenvalue weighted by molar-refractivity contribution is 5.88. The summed E-state index contributed by atoms with van der Waals surface area (Å²) in [7, 11) is 0. The van der Waals surface area contributed by atoms with E-state index in [1.165, 1.54) is 6.33 Å². The largest absolute Gasteiger partial charge is 0.466 e. The number of esters is 1. The smallest absolute Gasteiger partial charge is 0.309 e. The number of nitrogens with zero attached hydrogens (tertiary/aromatic N) is 3. The van der Waals surface area contributed by atoms with E-state index >= 15 is 0 Å². The lowest BCUT2D eigenvalue weighted by molar-refractivity contribution is -0.148. The summed E-state index contributed by atoms with van der Waals surface area (Å²) >= 11 is 0. The Kier molecular flexibility index (Phi) is 5.46. The van der Waals surface area contributed by atoms with Crippen LogP contribution in [0.15, 0.2) is 48.8 Å². The zero-order chi connectivity index (χ0) is 20.2. The van der Waals surface area contributed by atoms with Gasteiger partial charge in [-0.3, -0.25) is 4.79 Å². The first kappa shape index (κ1) is 19.0. The molecule has 0 saturated carbocycles. The predicted molar refractivity (Wildman–Crippen MR) is 112 cm³/mol. The van der Waals surface area contributed by atoms with E-state index in [1.807, 2.05) is 49.4 Å². The molecule has 0 aliphatic carbocycles. The van der Waals surface area contributed by atoms with Crippen molar-refractivity contribution in [2.75, 3.05) is 30.3 Å². The van der Waals surface area contributed by atoms with Gasteiger partial charge in [0.15, 0.2) is 5.82 Å². The predicted octanol–water partition coefficient (Wildman–Crippen LogP) is 3.78. The van der Waals surface area contributed by atoms with Crippen LogP contribution in [0.4, 0.5) is 11.5 Å². The molecule has 3 aromatic rings. The molecule has 1 aliphatic heterocycles. The van der Waals surface area contributed by atoms with Gasteiger partial charge < -0.3 is 20.1 Å². The molecule has 29 heavy (non-hydrogen) atoms. The number of fused-ring (bicyclic) bond motifs is 1. The van der Waals surface area contributed by atoms with Crippen LogP contribution in [0, 0.1) is 5.92 Å². The molecule has 1 aliphatic rings. The quantitative estimate of drug-likeness (QED) is 0.661. The third-order valence-corrected chi connectivity index (χ3v) is 5.20. The second-order valence-corrected chi connectivity index (χ2v) is 7.01. The molecule has 2 N–H and O–H groups in total. The summed E-state index contributed by atoms with van der Waals surface area (Å²) in [6.45, 7) is 3.59. The summed E-state index contributed by atoms with van der Waals surface area (Å²) in [5, 5.41) is 2.07. The van der Waals surface area contributed by atoms with Crippen LogP contribution in [-0.2, 0) is 9.53 Å². The zero-order valence-corrected chi connectivity index (χ0v) is 16.4. The van der Waals surface area contributed by atoms with Crippen molar-refractivity contribution in [3.63, 3.8) is 0 Å². The minimum atomic E-state index is -0.122. The Bertz CT molecular complexity index is 1010. The third-order valence-electron chi connectivity index (χ3n) is 5.20. The zero-order valence-electron chi connectivity index (χ0n) is 16.4. The molecule has 7 heteroatoms. The first-order valence-electron chi connectivity index (χ1n) is 9.85. The Hall–Kier alpha value is -3.35. The van der Waals surface area contributed by atoms with Crippen molar-refractivity contribution in [1.29, 1.82) is 0 Å². The van der Waals surface area contributed by atoms with Crippen molar-refractivity contribution in [1.82, 2.24) is 9.97 Å². The summed E-state index contributed by atoms with van der Waals surface area (Å²) in [6.07, 6.45) is 2.88. The van der Waals surface area contributed by atoms with Gasteiger partial charge >= 0.3 is 5.97 Å². The van der Waals surface area contributed by atoms with Crippen LogP contribution in [0.2, 0.25) is 0 Å². The Balaban J connectivity index is 1.53. The number of rotatable bonds is 5. The van der Waals surface area contributed by atoms with Crippen LogP contribution < -0.4 is 15.4 Å². The summed E-state index contributed by atoms with van der Waals surface area (Å²) in [6, 6.07) is 13.9. The number of hydrogen-bond acceptors (Lipinski definition) is 7. The van der Waals surface area contributed by atoms with Crippen molar-refractivity contribution in [3.05, 3.63) is 48.8 Å². The SMILES string of the molecule is CCOC(=O)C1CCN(c2ncnc(Oc3cccc4ccccc34)c2N)CC1. The molecule has 2 heterocycles. The lowest BCUT2D eigenvalue weighted by Crippen LogP contribution is -2.37. The first-order valence-corrected chi connectivity index (χ1v) is 9.85. The maximum atomic E-state index is 12.0. The van der Waals surface area contributed by atoms with E-state index in [9.17, 15) is 4.79 Å². The molecular formula is C22H24N4O3. The van der Waals surface area contributed by atoms with Gasteiger partial charge in [0.25, 0.3) is 0 Å². The van der Waals surface area contributed by atoms with Crippen LogP contribution in [0.25, 0.3) is 10.8 Å². The minimum Gasteiger partial charge on any atom is -0.466 e. The highest BCUT2D eigenvalue weighted by Gasteiger charge is 2.28. The number of carbonyl (C=O) groups excluding carboxylic acids is 1. The van der Waals surface area contributed by atoms with Crippen LogP contribution in [0.1, 0.15) is 19.8 Å². The summed E-state index contributed by atoms with van der Waals surface area (Å²) in [5.74, 6) is 1.47. The fraction of sp³-hybridized carbons (Fsp3) is 0.318. The number of piperidine rings is 1. The van der Waals surface area contributed by atoms with Crippen molar-refractivity contribution in [2.45, 2.75) is 19.8 Å². The normalized spacial score (nSPS) is 14.7. The second kappa shape index (κ2) is 8.34. The van der Waals surface area contributed by atoms with Gasteiger partial charge in [0, 0.05) is 18.5 Å². The van der Waals surface area contributed by atoms with Gasteiger partial charge in [0.2, 0.25) is 5.88 Å². The highest BCUT2D eigenvalue weighted by Crippen LogP contribution is 2.35. The van der Waals surface area contributed by atoms with Crippen LogP contribution in [0.3, 0.4) is 0 Å².